The summed E-state index contributed by atoms with van der Waals surface area (Å²) in [5.74, 6) is 0.440. The molecule has 3 nitrogen and oxygen atoms in total. The molecule has 2 aromatic rings. The molecule has 0 aromatic heterocycles. The molecule has 31 heavy (non-hydrogen) atoms. The van der Waals surface area contributed by atoms with E-state index >= 15 is 0 Å². The fourth-order valence-corrected chi connectivity index (χ4v) is 4.30. The summed E-state index contributed by atoms with van der Waals surface area (Å²) in [6.45, 7) is 1.82. The quantitative estimate of drug-likeness (QED) is 0.519. The molecule has 0 bridgehead atoms. The molecule has 3 rings (SSSR count). The van der Waals surface area contributed by atoms with Crippen LogP contribution in [0.3, 0.4) is 0 Å². The predicted molar refractivity (Wildman–Crippen MR) is 120 cm³/mol. The summed E-state index contributed by atoms with van der Waals surface area (Å²) in [4.78, 5) is 11.7. The molecule has 0 saturated carbocycles. The highest BCUT2D eigenvalue weighted by atomic mass is 35.5. The lowest BCUT2D eigenvalue weighted by atomic mass is 9.88. The van der Waals surface area contributed by atoms with Gasteiger partial charge in [0.15, 0.2) is 0 Å². The van der Waals surface area contributed by atoms with Crippen molar-refractivity contribution >= 4 is 46.9 Å². The number of benzene rings is 2. The second-order valence-corrected chi connectivity index (χ2v) is 9.02. The highest BCUT2D eigenvalue weighted by Gasteiger charge is 2.61. The van der Waals surface area contributed by atoms with Crippen molar-refractivity contribution in [2.75, 3.05) is 12.0 Å². The third-order valence-electron chi connectivity index (χ3n) is 4.84. The maximum absolute atomic E-state index is 14.2. The number of carbonyl (C=O) groups is 1. The molecular formula is C22H20Cl2F3NO2S. The van der Waals surface area contributed by atoms with Gasteiger partial charge in [0, 0.05) is 28.1 Å². The first-order valence-corrected chi connectivity index (χ1v) is 11.5. The number of nitrogens with one attached hydrogen (secondary N) is 1. The maximum atomic E-state index is 14.2. The zero-order valence-corrected chi connectivity index (χ0v) is 19.1. The molecule has 2 unspecified atom stereocenters. The van der Waals surface area contributed by atoms with E-state index in [0.29, 0.717) is 16.9 Å². The topological polar surface area (TPSA) is 38.3 Å². The largest absolute Gasteiger partial charge is 0.472 e. The van der Waals surface area contributed by atoms with E-state index in [1.807, 2.05) is 13.2 Å². The summed E-state index contributed by atoms with van der Waals surface area (Å²) in [6.07, 6.45) is 0.291. The Morgan fingerprint density at radius 2 is 1.94 bits per heavy atom. The number of thioether (sulfide) groups is 1. The Hall–Kier alpha value is -1.83. The van der Waals surface area contributed by atoms with E-state index in [9.17, 15) is 18.0 Å². The van der Waals surface area contributed by atoms with Crippen LogP contribution in [0, 0.1) is 0 Å². The Balaban J connectivity index is 1.87. The molecule has 2 aromatic carbocycles. The van der Waals surface area contributed by atoms with Crippen molar-refractivity contribution in [2.45, 2.75) is 31.2 Å². The van der Waals surface area contributed by atoms with Crippen molar-refractivity contribution in [1.82, 2.24) is 5.32 Å². The Kier molecular flexibility index (Phi) is 7.18. The number of rotatable bonds is 6. The minimum absolute atomic E-state index is 0.0813. The summed E-state index contributed by atoms with van der Waals surface area (Å²) < 4.78 is 48.1. The van der Waals surface area contributed by atoms with E-state index < -0.39 is 18.2 Å². The average molecular weight is 490 g/mol. The Bertz CT molecular complexity index is 992. The number of amides is 1. The lowest BCUT2D eigenvalue weighted by molar-refractivity contribution is -0.248. The van der Waals surface area contributed by atoms with Gasteiger partial charge in [-0.1, -0.05) is 41.4 Å². The predicted octanol–water partition coefficient (Wildman–Crippen LogP) is 6.27. The minimum Gasteiger partial charge on any atom is -0.472 e. The van der Waals surface area contributed by atoms with Crippen LogP contribution in [0.1, 0.15) is 23.6 Å². The van der Waals surface area contributed by atoms with Gasteiger partial charge in [-0.3, -0.25) is 4.79 Å². The van der Waals surface area contributed by atoms with Crippen molar-refractivity contribution < 1.29 is 22.7 Å². The molecule has 0 spiro atoms. The summed E-state index contributed by atoms with van der Waals surface area (Å²) in [6, 6.07) is 8.46. The number of hydrogen-bond donors (Lipinski definition) is 1. The third kappa shape index (κ3) is 5.33. The molecule has 0 fully saturated rings. The fraction of sp³-hybridized carbons (Fsp3) is 0.318. The molecule has 0 aliphatic carbocycles. The van der Waals surface area contributed by atoms with Gasteiger partial charge < -0.3 is 10.1 Å². The smallest absolute Gasteiger partial charge is 0.432 e. The number of ether oxygens (including phenoxy) is 1. The molecule has 1 heterocycles. The van der Waals surface area contributed by atoms with Crippen LogP contribution in [0.2, 0.25) is 10.0 Å². The molecule has 1 amide bonds. The van der Waals surface area contributed by atoms with Gasteiger partial charge >= 0.3 is 6.18 Å². The van der Waals surface area contributed by atoms with E-state index in [2.05, 4.69) is 5.32 Å². The van der Waals surface area contributed by atoms with Crippen LogP contribution in [0.4, 0.5) is 13.2 Å². The minimum atomic E-state index is -4.69. The Morgan fingerprint density at radius 1 is 1.26 bits per heavy atom. The van der Waals surface area contributed by atoms with E-state index in [1.54, 1.807) is 24.3 Å². The van der Waals surface area contributed by atoms with Crippen molar-refractivity contribution in [2.24, 2.45) is 0 Å². The van der Waals surface area contributed by atoms with Gasteiger partial charge in [-0.25, -0.2) is 0 Å². The van der Waals surface area contributed by atoms with Crippen molar-refractivity contribution in [3.63, 3.8) is 0 Å². The van der Waals surface area contributed by atoms with Crippen molar-refractivity contribution in [3.05, 3.63) is 69.2 Å². The van der Waals surface area contributed by atoms with Gasteiger partial charge in [0.05, 0.1) is 5.75 Å². The molecule has 0 saturated heterocycles. The zero-order chi connectivity index (χ0) is 22.8. The molecule has 166 valence electrons. The number of hydrogen-bond acceptors (Lipinski definition) is 3. The van der Waals surface area contributed by atoms with Gasteiger partial charge in [0.25, 0.3) is 0 Å². The first kappa shape index (κ1) is 23.8. The standard InChI is InChI=1S/C22H20Cl2F3NO2S/c1-13(28-20(29)12-31-2)3-4-14-5-6-19-15(7-14)11-21(30-19,22(25,26)27)16-8-17(23)10-18(24)9-16/h3-10,13H,11-12H2,1-2H3,(H,28,29)/b4-3+. The van der Waals surface area contributed by atoms with E-state index in [-0.39, 0.29) is 33.3 Å². The zero-order valence-electron chi connectivity index (χ0n) is 16.7. The van der Waals surface area contributed by atoms with Gasteiger partial charge in [0.2, 0.25) is 11.5 Å². The lowest BCUT2D eigenvalue weighted by Crippen LogP contribution is -2.46. The highest BCUT2D eigenvalue weighted by Crippen LogP contribution is 2.51. The SMILES string of the molecule is CSCC(=O)NC(C)/C=C/c1ccc2c(c1)CC(c1cc(Cl)cc(Cl)c1)(C(F)(F)F)O2. The normalized spacial score (nSPS) is 19.2. The third-order valence-corrected chi connectivity index (χ3v) is 5.82. The van der Waals surface area contributed by atoms with Crippen LogP contribution in [-0.2, 0) is 16.8 Å². The van der Waals surface area contributed by atoms with E-state index in [0.717, 1.165) is 0 Å². The Labute approximate surface area is 192 Å². The Morgan fingerprint density at radius 3 is 2.55 bits per heavy atom. The molecule has 1 N–H and O–H groups in total. The molecular weight excluding hydrogens is 470 g/mol. The summed E-state index contributed by atoms with van der Waals surface area (Å²) in [5.41, 5.74) is -1.58. The van der Waals surface area contributed by atoms with Gasteiger partial charge in [-0.2, -0.15) is 24.9 Å². The summed E-state index contributed by atoms with van der Waals surface area (Å²) >= 11 is 13.3. The molecule has 9 heteroatoms. The molecule has 1 aliphatic rings. The maximum Gasteiger partial charge on any atom is 0.432 e. The van der Waals surface area contributed by atoms with Crippen LogP contribution in [0.25, 0.3) is 6.08 Å². The van der Waals surface area contributed by atoms with Crippen LogP contribution in [0.15, 0.2) is 42.5 Å². The first-order valence-electron chi connectivity index (χ1n) is 9.36. The number of fused-ring (bicyclic) bond motifs is 1. The fourth-order valence-electron chi connectivity index (χ4n) is 3.43. The number of halogens is 5. The van der Waals surface area contributed by atoms with Crippen LogP contribution < -0.4 is 10.1 Å². The highest BCUT2D eigenvalue weighted by molar-refractivity contribution is 7.99. The number of carbonyl (C=O) groups excluding carboxylic acids is 1. The molecule has 1 aliphatic heterocycles. The van der Waals surface area contributed by atoms with Crippen LogP contribution in [0.5, 0.6) is 5.75 Å². The molecule has 0 radical (unpaired) electrons. The van der Waals surface area contributed by atoms with Gasteiger partial charge in [0.1, 0.15) is 5.75 Å². The number of alkyl halides is 3. The average Bonchev–Trinajstić information content (AvgIpc) is 3.06. The monoisotopic (exact) mass is 489 g/mol. The van der Waals surface area contributed by atoms with Gasteiger partial charge in [-0.15, -0.1) is 0 Å². The van der Waals surface area contributed by atoms with Crippen LogP contribution in [-0.4, -0.2) is 30.1 Å². The second-order valence-electron chi connectivity index (χ2n) is 7.28. The summed E-state index contributed by atoms with van der Waals surface area (Å²) in [7, 11) is 0. The second kappa shape index (κ2) is 9.35. The van der Waals surface area contributed by atoms with Crippen molar-refractivity contribution in [3.8, 4) is 5.75 Å². The van der Waals surface area contributed by atoms with E-state index in [4.69, 9.17) is 27.9 Å². The summed E-state index contributed by atoms with van der Waals surface area (Å²) in [5, 5.41) is 3.03. The lowest BCUT2D eigenvalue weighted by Gasteiger charge is -2.31. The van der Waals surface area contributed by atoms with Gasteiger partial charge in [-0.05, 0) is 54.6 Å². The van der Waals surface area contributed by atoms with E-state index in [1.165, 1.54) is 36.0 Å². The van der Waals surface area contributed by atoms with Crippen LogP contribution >= 0.6 is 35.0 Å². The first-order chi connectivity index (χ1) is 14.5. The molecule has 2 atom stereocenters. The van der Waals surface area contributed by atoms with Crippen molar-refractivity contribution in [1.29, 1.82) is 0 Å².